The SMILES string of the molecule is OCC=C=COC1CCCCO1. The lowest BCUT2D eigenvalue weighted by Crippen LogP contribution is -2.19. The fourth-order valence-electron chi connectivity index (χ4n) is 1.03. The predicted molar refractivity (Wildman–Crippen MR) is 44.4 cm³/mol. The molecule has 0 aromatic rings. The first kappa shape index (κ1) is 9.33. The van der Waals surface area contributed by atoms with Crippen molar-refractivity contribution >= 4 is 0 Å². The third-order valence-corrected chi connectivity index (χ3v) is 1.63. The van der Waals surface area contributed by atoms with Gasteiger partial charge in [0.15, 0.2) is 6.29 Å². The Morgan fingerprint density at radius 2 is 2.50 bits per heavy atom. The summed E-state index contributed by atoms with van der Waals surface area (Å²) in [6.45, 7) is 0.771. The van der Waals surface area contributed by atoms with E-state index in [4.69, 9.17) is 14.6 Å². The van der Waals surface area contributed by atoms with Crippen LogP contribution >= 0.6 is 0 Å². The van der Waals surface area contributed by atoms with Gasteiger partial charge in [-0.1, -0.05) is 5.73 Å². The number of hydrogen-bond donors (Lipinski definition) is 1. The second kappa shape index (κ2) is 5.84. The number of aliphatic hydroxyl groups is 1. The van der Waals surface area contributed by atoms with Crippen LogP contribution in [0.4, 0.5) is 0 Å². The Morgan fingerprint density at radius 3 is 3.17 bits per heavy atom. The molecule has 1 aliphatic rings. The standard InChI is InChI=1S/C9H14O3/c10-6-2-4-8-12-9-5-1-3-7-11-9/h2,8-10H,1,3,5-7H2. The van der Waals surface area contributed by atoms with Gasteiger partial charge in [-0.2, -0.15) is 0 Å². The molecule has 0 amide bonds. The molecule has 1 N–H and O–H groups in total. The lowest BCUT2D eigenvalue weighted by molar-refractivity contribution is -0.129. The quantitative estimate of drug-likeness (QED) is 0.510. The maximum atomic E-state index is 8.38. The second-order valence-electron chi connectivity index (χ2n) is 2.60. The smallest absolute Gasteiger partial charge is 0.199 e. The van der Waals surface area contributed by atoms with E-state index in [9.17, 15) is 0 Å². The molecule has 1 fully saturated rings. The van der Waals surface area contributed by atoms with Crippen molar-refractivity contribution in [3.63, 3.8) is 0 Å². The van der Waals surface area contributed by atoms with Crippen molar-refractivity contribution in [2.75, 3.05) is 13.2 Å². The lowest BCUT2D eigenvalue weighted by Gasteiger charge is -2.20. The molecular formula is C9H14O3. The molecule has 12 heavy (non-hydrogen) atoms. The highest BCUT2D eigenvalue weighted by Crippen LogP contribution is 2.13. The van der Waals surface area contributed by atoms with Gasteiger partial charge >= 0.3 is 0 Å². The molecule has 0 spiro atoms. The molecule has 0 aromatic carbocycles. The highest BCUT2D eigenvalue weighted by atomic mass is 16.7. The van der Waals surface area contributed by atoms with E-state index in [1.54, 1.807) is 0 Å². The first-order valence-electron chi connectivity index (χ1n) is 4.21. The molecule has 3 heteroatoms. The normalized spacial score (nSPS) is 22.6. The molecule has 0 bridgehead atoms. The molecule has 1 rings (SSSR count). The van der Waals surface area contributed by atoms with Crippen LogP contribution in [0.5, 0.6) is 0 Å². The molecule has 0 radical (unpaired) electrons. The summed E-state index contributed by atoms with van der Waals surface area (Å²) in [6, 6.07) is 0. The van der Waals surface area contributed by atoms with E-state index in [0.29, 0.717) is 0 Å². The van der Waals surface area contributed by atoms with Gasteiger partial charge < -0.3 is 14.6 Å². The van der Waals surface area contributed by atoms with Gasteiger partial charge in [0.25, 0.3) is 0 Å². The summed E-state index contributed by atoms with van der Waals surface area (Å²) in [5, 5.41) is 8.38. The minimum absolute atomic E-state index is 0.00855. The summed E-state index contributed by atoms with van der Waals surface area (Å²) >= 11 is 0. The minimum atomic E-state index is -0.113. The number of rotatable bonds is 3. The third-order valence-electron chi connectivity index (χ3n) is 1.63. The topological polar surface area (TPSA) is 38.7 Å². The van der Waals surface area contributed by atoms with E-state index in [2.05, 4.69) is 5.73 Å². The highest BCUT2D eigenvalue weighted by Gasteiger charge is 2.12. The van der Waals surface area contributed by atoms with Gasteiger partial charge in [0.2, 0.25) is 0 Å². The van der Waals surface area contributed by atoms with Crippen molar-refractivity contribution in [3.05, 3.63) is 18.1 Å². The largest absolute Gasteiger partial charge is 0.464 e. The predicted octanol–water partition coefficient (Wildman–Crippen LogP) is 1.19. The van der Waals surface area contributed by atoms with Gasteiger partial charge in [-0.3, -0.25) is 0 Å². The first-order valence-corrected chi connectivity index (χ1v) is 4.21. The summed E-state index contributed by atoms with van der Waals surface area (Å²) in [7, 11) is 0. The van der Waals surface area contributed by atoms with Crippen molar-refractivity contribution in [1.29, 1.82) is 0 Å². The number of ether oxygens (including phenoxy) is 2. The zero-order valence-corrected chi connectivity index (χ0v) is 7.03. The molecule has 1 saturated heterocycles. The van der Waals surface area contributed by atoms with Gasteiger partial charge in [0.1, 0.15) is 6.26 Å². The van der Waals surface area contributed by atoms with Crippen LogP contribution in [0, 0.1) is 0 Å². The Balaban J connectivity index is 2.16. The first-order chi connectivity index (χ1) is 5.93. The molecule has 3 nitrogen and oxygen atoms in total. The van der Waals surface area contributed by atoms with E-state index in [-0.39, 0.29) is 12.9 Å². The maximum Gasteiger partial charge on any atom is 0.199 e. The summed E-state index contributed by atoms with van der Waals surface area (Å²) in [5.41, 5.74) is 2.68. The molecule has 0 aliphatic carbocycles. The van der Waals surface area contributed by atoms with E-state index >= 15 is 0 Å². The zero-order chi connectivity index (χ0) is 8.65. The molecule has 1 atom stereocenters. The molecule has 1 aliphatic heterocycles. The van der Waals surface area contributed by atoms with Crippen LogP contribution in [0.25, 0.3) is 0 Å². The van der Waals surface area contributed by atoms with Gasteiger partial charge in [0, 0.05) is 6.42 Å². The molecule has 1 heterocycles. The van der Waals surface area contributed by atoms with Gasteiger partial charge in [-0.15, -0.1) is 0 Å². The van der Waals surface area contributed by atoms with Crippen molar-refractivity contribution in [2.45, 2.75) is 25.6 Å². The summed E-state index contributed by atoms with van der Waals surface area (Å²) < 4.78 is 10.5. The van der Waals surface area contributed by atoms with Crippen LogP contribution in [0.1, 0.15) is 19.3 Å². The second-order valence-corrected chi connectivity index (χ2v) is 2.60. The van der Waals surface area contributed by atoms with Crippen LogP contribution in [-0.4, -0.2) is 24.6 Å². The van der Waals surface area contributed by atoms with Crippen LogP contribution < -0.4 is 0 Å². The van der Waals surface area contributed by atoms with Crippen molar-refractivity contribution in [2.24, 2.45) is 0 Å². The van der Waals surface area contributed by atoms with E-state index < -0.39 is 0 Å². The Labute approximate surface area is 72.3 Å². The molecule has 68 valence electrons. The molecule has 1 unspecified atom stereocenters. The number of hydrogen-bond acceptors (Lipinski definition) is 3. The lowest BCUT2D eigenvalue weighted by atomic mass is 10.2. The minimum Gasteiger partial charge on any atom is -0.464 e. The van der Waals surface area contributed by atoms with E-state index in [0.717, 1.165) is 25.9 Å². The van der Waals surface area contributed by atoms with Gasteiger partial charge in [0.05, 0.1) is 13.2 Å². The Morgan fingerprint density at radius 1 is 1.58 bits per heavy atom. The van der Waals surface area contributed by atoms with E-state index in [1.165, 1.54) is 12.3 Å². The zero-order valence-electron chi connectivity index (χ0n) is 7.03. The van der Waals surface area contributed by atoms with Crippen LogP contribution in [0.2, 0.25) is 0 Å². The van der Waals surface area contributed by atoms with Crippen LogP contribution in [0.15, 0.2) is 18.1 Å². The fourth-order valence-corrected chi connectivity index (χ4v) is 1.03. The van der Waals surface area contributed by atoms with Crippen molar-refractivity contribution < 1.29 is 14.6 Å². The maximum absolute atomic E-state index is 8.38. The Hall–Kier alpha value is -0.760. The molecular weight excluding hydrogens is 156 g/mol. The van der Waals surface area contributed by atoms with Crippen LogP contribution in [0.3, 0.4) is 0 Å². The third kappa shape index (κ3) is 3.58. The Kier molecular flexibility index (Phi) is 4.54. The Bertz CT molecular complexity index is 165. The van der Waals surface area contributed by atoms with Gasteiger partial charge in [-0.25, -0.2) is 0 Å². The van der Waals surface area contributed by atoms with E-state index in [1.807, 2.05) is 0 Å². The fraction of sp³-hybridized carbons (Fsp3) is 0.667. The number of aliphatic hydroxyl groups excluding tert-OH is 1. The van der Waals surface area contributed by atoms with Crippen molar-refractivity contribution in [1.82, 2.24) is 0 Å². The monoisotopic (exact) mass is 170 g/mol. The molecule has 0 saturated carbocycles. The summed E-state index contributed by atoms with van der Waals surface area (Å²) in [6.07, 6.45) is 6.03. The summed E-state index contributed by atoms with van der Waals surface area (Å²) in [5.74, 6) is 0. The average molecular weight is 170 g/mol. The van der Waals surface area contributed by atoms with Gasteiger partial charge in [-0.05, 0) is 18.9 Å². The highest BCUT2D eigenvalue weighted by molar-refractivity contribution is 4.78. The molecule has 0 aromatic heterocycles. The van der Waals surface area contributed by atoms with Crippen molar-refractivity contribution in [3.8, 4) is 0 Å². The van der Waals surface area contributed by atoms with Crippen LogP contribution in [-0.2, 0) is 9.47 Å². The summed E-state index contributed by atoms with van der Waals surface area (Å²) in [4.78, 5) is 0. The average Bonchev–Trinajstić information content (AvgIpc) is 2.14.